The highest BCUT2D eigenvalue weighted by atomic mass is 16.6. The largest absolute Gasteiger partial charge is 0.444 e. The van der Waals surface area contributed by atoms with Crippen molar-refractivity contribution in [2.45, 2.75) is 46.1 Å². The van der Waals surface area contributed by atoms with Gasteiger partial charge in [0.1, 0.15) is 11.4 Å². The van der Waals surface area contributed by atoms with Gasteiger partial charge in [0.25, 0.3) is 5.91 Å². The maximum Gasteiger partial charge on any atom is 0.410 e. The molecule has 2 heterocycles. The zero-order valence-electron chi connectivity index (χ0n) is 16.2. The standard InChI is InChI=1S/C19H30N4O3/c1-5-22(18(25)26-19(2,3)4)13-10-20-17(24)15-8-9-16(21-14-15)23-11-6-7-12-23/h8-9,14H,5-7,10-13H2,1-4H3,(H,20,24). The predicted molar refractivity (Wildman–Crippen MR) is 101 cm³/mol. The quantitative estimate of drug-likeness (QED) is 0.842. The summed E-state index contributed by atoms with van der Waals surface area (Å²) in [6.45, 7) is 10.7. The van der Waals surface area contributed by atoms with Crippen molar-refractivity contribution in [2.24, 2.45) is 0 Å². The first-order valence-electron chi connectivity index (χ1n) is 9.27. The first-order valence-corrected chi connectivity index (χ1v) is 9.27. The molecule has 2 amide bonds. The summed E-state index contributed by atoms with van der Waals surface area (Å²) in [7, 11) is 0. The minimum Gasteiger partial charge on any atom is -0.444 e. The highest BCUT2D eigenvalue weighted by Crippen LogP contribution is 2.17. The van der Waals surface area contributed by atoms with Crippen LogP contribution in [0.5, 0.6) is 0 Å². The minimum absolute atomic E-state index is 0.189. The normalized spacial score (nSPS) is 14.2. The molecule has 0 bridgehead atoms. The van der Waals surface area contributed by atoms with E-state index < -0.39 is 5.60 Å². The van der Waals surface area contributed by atoms with Crippen LogP contribution < -0.4 is 10.2 Å². The monoisotopic (exact) mass is 362 g/mol. The van der Waals surface area contributed by atoms with E-state index in [0.717, 1.165) is 18.9 Å². The van der Waals surface area contributed by atoms with Crippen LogP contribution in [0.2, 0.25) is 0 Å². The molecule has 1 aliphatic rings. The molecule has 0 aromatic carbocycles. The van der Waals surface area contributed by atoms with Crippen molar-refractivity contribution >= 4 is 17.8 Å². The van der Waals surface area contributed by atoms with Gasteiger partial charge in [-0.1, -0.05) is 0 Å². The van der Waals surface area contributed by atoms with Gasteiger partial charge >= 0.3 is 6.09 Å². The van der Waals surface area contributed by atoms with Crippen LogP contribution in [-0.2, 0) is 4.74 Å². The molecule has 7 nitrogen and oxygen atoms in total. The molecule has 1 aliphatic heterocycles. The third-order valence-corrected chi connectivity index (χ3v) is 4.14. The van der Waals surface area contributed by atoms with Crippen LogP contribution in [0, 0.1) is 0 Å². The summed E-state index contributed by atoms with van der Waals surface area (Å²) in [6.07, 6.45) is 3.62. The van der Waals surface area contributed by atoms with Crippen molar-refractivity contribution < 1.29 is 14.3 Å². The van der Waals surface area contributed by atoms with Crippen molar-refractivity contribution in [3.05, 3.63) is 23.9 Å². The van der Waals surface area contributed by atoms with Crippen molar-refractivity contribution in [3.8, 4) is 0 Å². The molecule has 0 radical (unpaired) electrons. The number of anilines is 1. The van der Waals surface area contributed by atoms with Gasteiger partial charge in [0.2, 0.25) is 0 Å². The van der Waals surface area contributed by atoms with Gasteiger partial charge in [-0.2, -0.15) is 0 Å². The van der Waals surface area contributed by atoms with E-state index >= 15 is 0 Å². The van der Waals surface area contributed by atoms with Gasteiger partial charge in [0, 0.05) is 38.9 Å². The molecule has 2 rings (SSSR count). The van der Waals surface area contributed by atoms with Gasteiger partial charge in [-0.3, -0.25) is 4.79 Å². The second kappa shape index (κ2) is 8.87. The lowest BCUT2D eigenvalue weighted by Gasteiger charge is -2.26. The maximum absolute atomic E-state index is 12.2. The van der Waals surface area contributed by atoms with Crippen LogP contribution in [0.1, 0.15) is 50.9 Å². The van der Waals surface area contributed by atoms with Crippen LogP contribution in [0.15, 0.2) is 18.3 Å². The van der Waals surface area contributed by atoms with Crippen LogP contribution in [-0.4, -0.2) is 60.2 Å². The number of amides is 2. The predicted octanol–water partition coefficient (Wildman–Crippen LogP) is 2.67. The summed E-state index contributed by atoms with van der Waals surface area (Å²) >= 11 is 0. The van der Waals surface area contributed by atoms with Crippen LogP contribution in [0.3, 0.4) is 0 Å². The Bertz CT molecular complexity index is 604. The number of carbonyl (C=O) groups excluding carboxylic acids is 2. The molecule has 0 aliphatic carbocycles. The third kappa shape index (κ3) is 5.89. The molecule has 1 aromatic heterocycles. The number of carbonyl (C=O) groups is 2. The van der Waals surface area contributed by atoms with E-state index in [2.05, 4.69) is 15.2 Å². The number of aromatic nitrogens is 1. The number of nitrogens with zero attached hydrogens (tertiary/aromatic N) is 3. The fourth-order valence-electron chi connectivity index (χ4n) is 2.77. The summed E-state index contributed by atoms with van der Waals surface area (Å²) in [5.74, 6) is 0.729. The fraction of sp³-hybridized carbons (Fsp3) is 0.632. The highest BCUT2D eigenvalue weighted by molar-refractivity contribution is 5.94. The molecule has 0 unspecified atom stereocenters. The second-order valence-electron chi connectivity index (χ2n) is 7.42. The van der Waals surface area contributed by atoms with Gasteiger partial charge < -0.3 is 19.9 Å². The summed E-state index contributed by atoms with van der Waals surface area (Å²) in [5.41, 5.74) is -0.00970. The van der Waals surface area contributed by atoms with Gasteiger partial charge in [-0.25, -0.2) is 9.78 Å². The smallest absolute Gasteiger partial charge is 0.410 e. The van der Waals surface area contributed by atoms with E-state index in [1.165, 1.54) is 12.8 Å². The number of likely N-dealkylation sites (N-methyl/N-ethyl adjacent to an activating group) is 1. The molecule has 144 valence electrons. The van der Waals surface area contributed by atoms with E-state index in [-0.39, 0.29) is 12.0 Å². The number of pyridine rings is 1. The molecule has 1 N–H and O–H groups in total. The molecule has 1 saturated heterocycles. The van der Waals surface area contributed by atoms with E-state index in [1.807, 2.05) is 33.8 Å². The minimum atomic E-state index is -0.531. The molecule has 1 aromatic rings. The van der Waals surface area contributed by atoms with Gasteiger partial charge in [-0.05, 0) is 52.7 Å². The van der Waals surface area contributed by atoms with Crippen LogP contribution in [0.4, 0.5) is 10.6 Å². The SMILES string of the molecule is CCN(CCNC(=O)c1ccc(N2CCCC2)nc1)C(=O)OC(C)(C)C. The zero-order valence-corrected chi connectivity index (χ0v) is 16.2. The lowest BCUT2D eigenvalue weighted by molar-refractivity contribution is 0.0261. The molecular formula is C19H30N4O3. The fourth-order valence-corrected chi connectivity index (χ4v) is 2.77. The molecule has 0 saturated carbocycles. The Balaban J connectivity index is 1.81. The zero-order chi connectivity index (χ0) is 19.2. The Hall–Kier alpha value is -2.31. The lowest BCUT2D eigenvalue weighted by atomic mass is 10.2. The summed E-state index contributed by atoms with van der Waals surface area (Å²) in [6, 6.07) is 3.68. The van der Waals surface area contributed by atoms with E-state index in [1.54, 1.807) is 17.2 Å². The van der Waals surface area contributed by atoms with E-state index in [9.17, 15) is 9.59 Å². The number of rotatable bonds is 6. The van der Waals surface area contributed by atoms with Gasteiger partial charge in [0.05, 0.1) is 5.56 Å². The average Bonchev–Trinajstić information content (AvgIpc) is 3.11. The Morgan fingerprint density at radius 2 is 1.96 bits per heavy atom. The van der Waals surface area contributed by atoms with Crippen molar-refractivity contribution in [1.82, 2.24) is 15.2 Å². The van der Waals surface area contributed by atoms with Crippen molar-refractivity contribution in [1.29, 1.82) is 0 Å². The number of hydrogen-bond donors (Lipinski definition) is 1. The van der Waals surface area contributed by atoms with Crippen molar-refractivity contribution in [3.63, 3.8) is 0 Å². The molecule has 0 spiro atoms. The highest BCUT2D eigenvalue weighted by Gasteiger charge is 2.21. The Morgan fingerprint density at radius 1 is 1.27 bits per heavy atom. The molecular weight excluding hydrogens is 332 g/mol. The third-order valence-electron chi connectivity index (χ3n) is 4.14. The Kier molecular flexibility index (Phi) is 6.83. The molecule has 7 heteroatoms. The lowest BCUT2D eigenvalue weighted by Crippen LogP contribution is -2.41. The Morgan fingerprint density at radius 3 is 2.50 bits per heavy atom. The number of hydrogen-bond acceptors (Lipinski definition) is 5. The number of ether oxygens (including phenoxy) is 1. The van der Waals surface area contributed by atoms with E-state index in [0.29, 0.717) is 25.2 Å². The van der Waals surface area contributed by atoms with Crippen LogP contribution in [0.25, 0.3) is 0 Å². The summed E-state index contributed by atoms with van der Waals surface area (Å²) in [5, 5.41) is 2.83. The Labute approximate surface area is 155 Å². The van der Waals surface area contributed by atoms with Gasteiger partial charge in [0.15, 0.2) is 0 Å². The van der Waals surface area contributed by atoms with E-state index in [4.69, 9.17) is 4.74 Å². The molecule has 0 atom stereocenters. The first kappa shape index (κ1) is 20.0. The topological polar surface area (TPSA) is 74.8 Å². The maximum atomic E-state index is 12.2. The molecule has 1 fully saturated rings. The number of nitrogens with one attached hydrogen (secondary N) is 1. The van der Waals surface area contributed by atoms with Crippen LogP contribution >= 0.6 is 0 Å². The van der Waals surface area contributed by atoms with Gasteiger partial charge in [-0.15, -0.1) is 0 Å². The second-order valence-corrected chi connectivity index (χ2v) is 7.42. The van der Waals surface area contributed by atoms with Crippen molar-refractivity contribution in [2.75, 3.05) is 37.6 Å². The first-order chi connectivity index (χ1) is 12.3. The summed E-state index contributed by atoms with van der Waals surface area (Å²) in [4.78, 5) is 32.5. The average molecular weight is 362 g/mol. The molecule has 26 heavy (non-hydrogen) atoms. The summed E-state index contributed by atoms with van der Waals surface area (Å²) < 4.78 is 5.35.